The summed E-state index contributed by atoms with van der Waals surface area (Å²) in [6, 6.07) is 20.4. The molecule has 0 aliphatic rings. The highest BCUT2D eigenvalue weighted by Gasteiger charge is 2.23. The molecule has 0 saturated heterocycles. The van der Waals surface area contributed by atoms with Crippen molar-refractivity contribution in [2.75, 3.05) is 6.54 Å². The standard InChI is InChI=1S/C26H26N4O4S2/c1-4-29(35(31,32)23-13-9-20(2)10-14-23)18-17-22-7-5-6-8-25(22)26-19-30(28-27-26)36(33,34)24-15-11-21(3)12-16-24/h4-16,19H,1,17-18H2,2-3H3. The summed E-state index contributed by atoms with van der Waals surface area (Å²) in [4.78, 5) is 0.298. The maximum absolute atomic E-state index is 13.1. The molecule has 0 fully saturated rings. The molecule has 4 aromatic rings. The van der Waals surface area contributed by atoms with Gasteiger partial charge >= 0.3 is 0 Å². The first kappa shape index (κ1) is 25.3. The number of aryl methyl sites for hydroxylation is 2. The summed E-state index contributed by atoms with van der Waals surface area (Å²) in [5, 5.41) is 7.95. The van der Waals surface area contributed by atoms with Crippen LogP contribution >= 0.6 is 0 Å². The Kier molecular flexibility index (Phi) is 7.09. The lowest BCUT2D eigenvalue weighted by atomic mass is 10.0. The quantitative estimate of drug-likeness (QED) is 0.327. The van der Waals surface area contributed by atoms with Crippen molar-refractivity contribution in [3.05, 3.63) is 108 Å². The second kappa shape index (κ2) is 10.1. The maximum Gasteiger partial charge on any atom is 0.284 e. The van der Waals surface area contributed by atoms with Crippen LogP contribution in [-0.2, 0) is 26.5 Å². The maximum atomic E-state index is 13.1. The first-order chi connectivity index (χ1) is 17.1. The van der Waals surface area contributed by atoms with Gasteiger partial charge < -0.3 is 0 Å². The Morgan fingerprint density at radius 3 is 2.06 bits per heavy atom. The van der Waals surface area contributed by atoms with Gasteiger partial charge in [0.1, 0.15) is 5.69 Å². The molecule has 0 radical (unpaired) electrons. The van der Waals surface area contributed by atoms with Gasteiger partial charge in [-0.2, -0.15) is 8.42 Å². The van der Waals surface area contributed by atoms with Crippen molar-refractivity contribution in [3.63, 3.8) is 0 Å². The topological polar surface area (TPSA) is 102 Å². The van der Waals surface area contributed by atoms with E-state index >= 15 is 0 Å². The highest BCUT2D eigenvalue weighted by atomic mass is 32.2. The smallest absolute Gasteiger partial charge is 0.274 e. The third kappa shape index (κ3) is 5.09. The van der Waals surface area contributed by atoms with E-state index < -0.39 is 20.0 Å². The van der Waals surface area contributed by atoms with Gasteiger partial charge in [0.05, 0.1) is 16.0 Å². The van der Waals surface area contributed by atoms with Crippen molar-refractivity contribution in [2.24, 2.45) is 0 Å². The van der Waals surface area contributed by atoms with Crippen LogP contribution < -0.4 is 0 Å². The van der Waals surface area contributed by atoms with Crippen LogP contribution in [0.15, 0.2) is 102 Å². The molecule has 0 amide bonds. The molecular formula is C26H26N4O4S2. The molecule has 0 aliphatic carbocycles. The predicted octanol–water partition coefficient (Wildman–Crippen LogP) is 4.18. The highest BCUT2D eigenvalue weighted by molar-refractivity contribution is 7.90. The summed E-state index contributed by atoms with van der Waals surface area (Å²) in [5.41, 5.74) is 3.74. The van der Waals surface area contributed by atoms with Gasteiger partial charge in [0.15, 0.2) is 0 Å². The lowest BCUT2D eigenvalue weighted by Gasteiger charge is -2.21. The number of aromatic nitrogens is 3. The van der Waals surface area contributed by atoms with Gasteiger partial charge in [-0.25, -0.2) is 8.42 Å². The van der Waals surface area contributed by atoms with Crippen molar-refractivity contribution in [3.8, 4) is 11.3 Å². The molecule has 0 bridgehead atoms. The van der Waals surface area contributed by atoms with Crippen LogP contribution in [0.4, 0.5) is 0 Å². The van der Waals surface area contributed by atoms with E-state index in [0.29, 0.717) is 17.7 Å². The molecule has 10 heteroatoms. The molecule has 0 unspecified atom stereocenters. The van der Waals surface area contributed by atoms with Crippen LogP contribution in [-0.4, -0.2) is 42.1 Å². The normalized spacial score (nSPS) is 11.8. The zero-order chi connectivity index (χ0) is 25.9. The summed E-state index contributed by atoms with van der Waals surface area (Å²) in [5.74, 6) is 0. The largest absolute Gasteiger partial charge is 0.284 e. The van der Waals surface area contributed by atoms with Crippen molar-refractivity contribution < 1.29 is 16.8 Å². The molecule has 8 nitrogen and oxygen atoms in total. The molecule has 0 saturated carbocycles. The van der Waals surface area contributed by atoms with E-state index in [9.17, 15) is 16.8 Å². The third-order valence-corrected chi connectivity index (χ3v) is 9.12. The molecule has 1 aromatic heterocycles. The van der Waals surface area contributed by atoms with Crippen LogP contribution in [0.25, 0.3) is 11.3 Å². The summed E-state index contributed by atoms with van der Waals surface area (Å²) in [7, 11) is -7.66. The molecular weight excluding hydrogens is 496 g/mol. The summed E-state index contributed by atoms with van der Waals surface area (Å²) in [6.45, 7) is 7.59. The van der Waals surface area contributed by atoms with Crippen LogP contribution in [0.2, 0.25) is 0 Å². The zero-order valence-corrected chi connectivity index (χ0v) is 21.6. The van der Waals surface area contributed by atoms with Crippen molar-refractivity contribution in [1.29, 1.82) is 0 Å². The van der Waals surface area contributed by atoms with E-state index in [1.807, 2.05) is 26.0 Å². The van der Waals surface area contributed by atoms with E-state index in [4.69, 9.17) is 0 Å². The molecule has 0 atom stereocenters. The average Bonchev–Trinajstić information content (AvgIpc) is 3.36. The molecule has 4 rings (SSSR count). The summed E-state index contributed by atoms with van der Waals surface area (Å²) >= 11 is 0. The Labute approximate surface area is 211 Å². The molecule has 0 N–H and O–H groups in total. The lowest BCUT2D eigenvalue weighted by molar-refractivity contribution is 0.500. The molecule has 36 heavy (non-hydrogen) atoms. The van der Waals surface area contributed by atoms with Crippen molar-refractivity contribution in [2.45, 2.75) is 30.1 Å². The first-order valence-electron chi connectivity index (χ1n) is 11.2. The second-order valence-electron chi connectivity index (χ2n) is 8.31. The summed E-state index contributed by atoms with van der Waals surface area (Å²) < 4.78 is 54.2. The Hall–Kier alpha value is -3.76. The lowest BCUT2D eigenvalue weighted by Crippen LogP contribution is -2.28. The summed E-state index contributed by atoms with van der Waals surface area (Å²) in [6.07, 6.45) is 3.01. The molecule has 1 heterocycles. The minimum absolute atomic E-state index is 0.112. The van der Waals surface area contributed by atoms with Gasteiger partial charge in [0.25, 0.3) is 20.0 Å². The van der Waals surface area contributed by atoms with Crippen LogP contribution in [0.1, 0.15) is 16.7 Å². The fourth-order valence-corrected chi connectivity index (χ4v) is 6.03. The third-order valence-electron chi connectivity index (χ3n) is 5.76. The number of rotatable bonds is 9. The fourth-order valence-electron chi connectivity index (χ4n) is 3.68. The number of hydrogen-bond acceptors (Lipinski definition) is 6. The zero-order valence-electron chi connectivity index (χ0n) is 19.9. The van der Waals surface area contributed by atoms with Crippen molar-refractivity contribution >= 4 is 20.0 Å². The highest BCUT2D eigenvalue weighted by Crippen LogP contribution is 2.25. The number of benzene rings is 3. The second-order valence-corrected chi connectivity index (χ2v) is 12.0. The molecule has 3 aromatic carbocycles. The van der Waals surface area contributed by atoms with E-state index in [2.05, 4.69) is 16.9 Å². The van der Waals surface area contributed by atoms with Crippen LogP contribution in [0.5, 0.6) is 0 Å². The first-order valence-corrected chi connectivity index (χ1v) is 14.0. The van der Waals surface area contributed by atoms with Crippen molar-refractivity contribution in [1.82, 2.24) is 18.7 Å². The van der Waals surface area contributed by atoms with Gasteiger partial charge in [0, 0.05) is 18.3 Å². The van der Waals surface area contributed by atoms with Gasteiger partial charge in [-0.3, -0.25) is 4.31 Å². The van der Waals surface area contributed by atoms with Gasteiger partial charge in [-0.15, -0.1) is 9.19 Å². The van der Waals surface area contributed by atoms with Gasteiger partial charge in [-0.05, 0) is 50.1 Å². The Bertz CT molecular complexity index is 1590. The van der Waals surface area contributed by atoms with Crippen LogP contribution in [0.3, 0.4) is 0 Å². The molecule has 186 valence electrons. The fraction of sp³-hybridized carbons (Fsp3) is 0.154. The number of sulfonamides is 1. The SMILES string of the molecule is C=CN(CCc1ccccc1-c1cn(S(=O)(=O)c2ccc(C)cc2)nn1)S(=O)(=O)c1ccc(C)cc1. The minimum Gasteiger partial charge on any atom is -0.274 e. The monoisotopic (exact) mass is 522 g/mol. The van der Waals surface area contributed by atoms with E-state index in [1.54, 1.807) is 48.5 Å². The Balaban J connectivity index is 1.59. The van der Waals surface area contributed by atoms with Gasteiger partial charge in [-0.1, -0.05) is 71.5 Å². The van der Waals surface area contributed by atoms with Crippen LogP contribution in [0, 0.1) is 13.8 Å². The predicted molar refractivity (Wildman–Crippen MR) is 138 cm³/mol. The van der Waals surface area contributed by atoms with E-state index in [-0.39, 0.29) is 16.3 Å². The molecule has 0 spiro atoms. The number of hydrogen-bond donors (Lipinski definition) is 0. The Morgan fingerprint density at radius 2 is 1.44 bits per heavy atom. The average molecular weight is 523 g/mol. The Morgan fingerprint density at radius 1 is 0.861 bits per heavy atom. The molecule has 0 aliphatic heterocycles. The minimum atomic E-state index is -3.90. The number of nitrogens with zero attached hydrogens (tertiary/aromatic N) is 4. The van der Waals surface area contributed by atoms with E-state index in [1.165, 1.54) is 28.8 Å². The van der Waals surface area contributed by atoms with E-state index in [0.717, 1.165) is 20.8 Å². The van der Waals surface area contributed by atoms with Gasteiger partial charge in [0.2, 0.25) is 0 Å².